The van der Waals surface area contributed by atoms with Gasteiger partial charge in [-0.15, -0.1) is 0 Å². The normalized spacial score (nSPS) is 13.4. The molecule has 0 aliphatic carbocycles. The van der Waals surface area contributed by atoms with Crippen molar-refractivity contribution in [2.24, 2.45) is 11.8 Å². The molecule has 1 rings (SSSR count). The summed E-state index contributed by atoms with van der Waals surface area (Å²) in [6.07, 6.45) is 0. The third-order valence-corrected chi connectivity index (χ3v) is 3.49. The molecule has 0 saturated heterocycles. The van der Waals surface area contributed by atoms with Crippen molar-refractivity contribution in [1.82, 2.24) is 5.32 Å². The Balaban J connectivity index is 2.66. The van der Waals surface area contributed by atoms with E-state index in [-0.39, 0.29) is 0 Å². The summed E-state index contributed by atoms with van der Waals surface area (Å²) in [7, 11) is 0. The largest absolute Gasteiger partial charge is 0.316 e. The fraction of sp³-hybridized carbons (Fsp3) is 0.600. The van der Waals surface area contributed by atoms with Crippen molar-refractivity contribution in [3.05, 3.63) is 34.3 Å². The molecule has 2 heteroatoms. The van der Waals surface area contributed by atoms with Gasteiger partial charge in [-0.1, -0.05) is 55.8 Å². The van der Waals surface area contributed by atoms with Crippen molar-refractivity contribution in [3.63, 3.8) is 0 Å². The van der Waals surface area contributed by atoms with Gasteiger partial charge in [-0.3, -0.25) is 0 Å². The average molecular weight is 298 g/mol. The van der Waals surface area contributed by atoms with Gasteiger partial charge in [0.1, 0.15) is 0 Å². The minimum Gasteiger partial charge on any atom is -0.316 e. The van der Waals surface area contributed by atoms with Gasteiger partial charge in [-0.2, -0.15) is 0 Å². The van der Waals surface area contributed by atoms with Gasteiger partial charge in [0.25, 0.3) is 0 Å². The van der Waals surface area contributed by atoms with E-state index in [1.54, 1.807) is 0 Å². The van der Waals surface area contributed by atoms with Gasteiger partial charge in [0.2, 0.25) is 0 Å². The van der Waals surface area contributed by atoms with Crippen LogP contribution in [0.25, 0.3) is 0 Å². The molecule has 1 atom stereocenters. The van der Waals surface area contributed by atoms with Crippen LogP contribution in [0.15, 0.2) is 28.7 Å². The molecule has 0 aromatic heterocycles. The number of rotatable bonds is 6. The zero-order valence-corrected chi connectivity index (χ0v) is 12.9. The van der Waals surface area contributed by atoms with Crippen molar-refractivity contribution in [3.8, 4) is 0 Å². The van der Waals surface area contributed by atoms with Crippen molar-refractivity contribution < 1.29 is 0 Å². The minimum atomic E-state index is 0.589. The third kappa shape index (κ3) is 5.22. The highest BCUT2D eigenvalue weighted by atomic mass is 79.9. The topological polar surface area (TPSA) is 12.0 Å². The molecule has 0 aliphatic heterocycles. The summed E-state index contributed by atoms with van der Waals surface area (Å²) >= 11 is 3.55. The van der Waals surface area contributed by atoms with Crippen LogP contribution < -0.4 is 5.32 Å². The van der Waals surface area contributed by atoms with E-state index in [0.717, 1.165) is 13.1 Å². The number of benzene rings is 1. The second-order valence-electron chi connectivity index (χ2n) is 5.46. The van der Waals surface area contributed by atoms with E-state index in [0.29, 0.717) is 17.8 Å². The molecular formula is C15H24BrN. The van der Waals surface area contributed by atoms with Crippen LogP contribution in [0.2, 0.25) is 0 Å². The van der Waals surface area contributed by atoms with Crippen LogP contribution in [-0.2, 0) is 0 Å². The predicted molar refractivity (Wildman–Crippen MR) is 79.4 cm³/mol. The Kier molecular flexibility index (Phi) is 6.21. The van der Waals surface area contributed by atoms with Crippen LogP contribution in [0, 0.1) is 11.8 Å². The molecule has 1 aromatic rings. The number of nitrogens with one attached hydrogen (secondary N) is 1. The smallest absolute Gasteiger partial charge is 0.0178 e. The van der Waals surface area contributed by atoms with Crippen LogP contribution in [-0.4, -0.2) is 13.1 Å². The Morgan fingerprint density at radius 2 is 1.82 bits per heavy atom. The van der Waals surface area contributed by atoms with Crippen LogP contribution in [0.5, 0.6) is 0 Å². The first-order valence-electron chi connectivity index (χ1n) is 6.47. The van der Waals surface area contributed by atoms with Crippen molar-refractivity contribution in [2.45, 2.75) is 33.6 Å². The van der Waals surface area contributed by atoms with Crippen molar-refractivity contribution in [2.75, 3.05) is 13.1 Å². The van der Waals surface area contributed by atoms with E-state index >= 15 is 0 Å². The van der Waals surface area contributed by atoms with E-state index in [1.807, 2.05) is 0 Å². The number of hydrogen-bond acceptors (Lipinski definition) is 1. The lowest BCUT2D eigenvalue weighted by Crippen LogP contribution is -2.27. The molecule has 0 heterocycles. The summed E-state index contributed by atoms with van der Waals surface area (Å²) in [6.45, 7) is 11.2. The summed E-state index contributed by atoms with van der Waals surface area (Å²) < 4.78 is 1.17. The lowest BCUT2D eigenvalue weighted by atomic mass is 9.88. The maximum absolute atomic E-state index is 3.57. The fourth-order valence-electron chi connectivity index (χ4n) is 2.00. The molecule has 17 heavy (non-hydrogen) atoms. The van der Waals surface area contributed by atoms with Gasteiger partial charge in [0.05, 0.1) is 0 Å². The second-order valence-corrected chi connectivity index (χ2v) is 6.37. The molecular weight excluding hydrogens is 274 g/mol. The molecule has 0 amide bonds. The maximum Gasteiger partial charge on any atom is 0.0178 e. The molecule has 0 aliphatic rings. The third-order valence-electron chi connectivity index (χ3n) is 3.00. The van der Waals surface area contributed by atoms with Crippen LogP contribution >= 0.6 is 15.9 Å². The van der Waals surface area contributed by atoms with E-state index in [1.165, 1.54) is 10.0 Å². The molecule has 0 bridgehead atoms. The standard InChI is InChI=1S/C15H24BrN/c1-11(2)9-17-10-15(12(3)4)13-6-5-7-14(16)8-13/h5-8,11-12,15,17H,9-10H2,1-4H3. The molecule has 1 unspecified atom stereocenters. The Bertz CT molecular complexity index is 333. The lowest BCUT2D eigenvalue weighted by Gasteiger charge is -2.22. The highest BCUT2D eigenvalue weighted by molar-refractivity contribution is 9.10. The quantitative estimate of drug-likeness (QED) is 0.819. The zero-order valence-electron chi connectivity index (χ0n) is 11.3. The highest BCUT2D eigenvalue weighted by Gasteiger charge is 2.15. The first-order valence-corrected chi connectivity index (χ1v) is 7.26. The Labute approximate surface area is 114 Å². The molecule has 0 radical (unpaired) electrons. The first-order chi connectivity index (χ1) is 8.00. The Morgan fingerprint density at radius 3 is 2.35 bits per heavy atom. The summed E-state index contributed by atoms with van der Waals surface area (Å²) in [5.74, 6) is 1.96. The number of hydrogen-bond donors (Lipinski definition) is 1. The van der Waals surface area contributed by atoms with Gasteiger partial charge >= 0.3 is 0 Å². The van der Waals surface area contributed by atoms with Gasteiger partial charge in [0.15, 0.2) is 0 Å². The zero-order chi connectivity index (χ0) is 12.8. The van der Waals surface area contributed by atoms with Crippen molar-refractivity contribution in [1.29, 1.82) is 0 Å². The molecule has 1 N–H and O–H groups in total. The molecule has 0 saturated carbocycles. The van der Waals surface area contributed by atoms with Crippen molar-refractivity contribution >= 4 is 15.9 Å². The summed E-state index contributed by atoms with van der Waals surface area (Å²) in [5.41, 5.74) is 1.42. The average Bonchev–Trinajstić information content (AvgIpc) is 2.23. The summed E-state index contributed by atoms with van der Waals surface area (Å²) in [5, 5.41) is 3.57. The second kappa shape index (κ2) is 7.17. The first kappa shape index (κ1) is 14.7. The van der Waals surface area contributed by atoms with Crippen LogP contribution in [0.4, 0.5) is 0 Å². The Hall–Kier alpha value is -0.340. The van der Waals surface area contributed by atoms with Gasteiger partial charge in [0, 0.05) is 11.0 Å². The van der Waals surface area contributed by atoms with E-state index in [2.05, 4.69) is 73.2 Å². The van der Waals surface area contributed by atoms with Gasteiger partial charge in [-0.05, 0) is 42.0 Å². The minimum absolute atomic E-state index is 0.589. The summed E-state index contributed by atoms with van der Waals surface area (Å²) in [4.78, 5) is 0. The molecule has 1 nitrogen and oxygen atoms in total. The fourth-order valence-corrected chi connectivity index (χ4v) is 2.42. The Morgan fingerprint density at radius 1 is 1.12 bits per heavy atom. The van der Waals surface area contributed by atoms with E-state index < -0.39 is 0 Å². The summed E-state index contributed by atoms with van der Waals surface area (Å²) in [6, 6.07) is 8.67. The lowest BCUT2D eigenvalue weighted by molar-refractivity contribution is 0.442. The SMILES string of the molecule is CC(C)CNCC(c1cccc(Br)c1)C(C)C. The van der Waals surface area contributed by atoms with Gasteiger partial charge in [-0.25, -0.2) is 0 Å². The molecule has 96 valence electrons. The molecule has 0 fully saturated rings. The van der Waals surface area contributed by atoms with E-state index in [9.17, 15) is 0 Å². The van der Waals surface area contributed by atoms with Crippen LogP contribution in [0.3, 0.4) is 0 Å². The van der Waals surface area contributed by atoms with Crippen LogP contribution in [0.1, 0.15) is 39.2 Å². The monoisotopic (exact) mass is 297 g/mol. The predicted octanol–water partition coefficient (Wildman–Crippen LogP) is 4.43. The number of halogens is 1. The van der Waals surface area contributed by atoms with Gasteiger partial charge < -0.3 is 5.32 Å². The molecule has 1 aromatic carbocycles. The van der Waals surface area contributed by atoms with E-state index in [4.69, 9.17) is 0 Å². The maximum atomic E-state index is 3.57. The highest BCUT2D eigenvalue weighted by Crippen LogP contribution is 2.26. The molecule has 0 spiro atoms.